The SMILES string of the molecule is CCOc1ccc(C(=O)NC(=S)Nc2nc3ccc(Cl)cc3s2)cc1[N+](=O)[O-]. The molecule has 0 fully saturated rings. The van der Waals surface area contributed by atoms with Crippen LogP contribution in [-0.4, -0.2) is 27.5 Å². The fraction of sp³-hybridized carbons (Fsp3) is 0.118. The Morgan fingerprint density at radius 1 is 1.36 bits per heavy atom. The normalized spacial score (nSPS) is 10.5. The van der Waals surface area contributed by atoms with E-state index in [-0.39, 0.29) is 28.7 Å². The molecule has 0 aliphatic heterocycles. The number of nitro benzene ring substituents is 1. The fourth-order valence-electron chi connectivity index (χ4n) is 2.33. The smallest absolute Gasteiger partial charge is 0.311 e. The van der Waals surface area contributed by atoms with E-state index in [4.69, 9.17) is 28.6 Å². The van der Waals surface area contributed by atoms with Crippen molar-refractivity contribution in [2.24, 2.45) is 0 Å². The quantitative estimate of drug-likeness (QED) is 0.347. The molecule has 0 atom stereocenters. The molecule has 11 heteroatoms. The van der Waals surface area contributed by atoms with Gasteiger partial charge in [0.2, 0.25) is 0 Å². The number of nitrogens with one attached hydrogen (secondary N) is 2. The van der Waals surface area contributed by atoms with Gasteiger partial charge in [-0.1, -0.05) is 22.9 Å². The van der Waals surface area contributed by atoms with Gasteiger partial charge in [-0.3, -0.25) is 20.2 Å². The number of carbonyl (C=O) groups excluding carboxylic acids is 1. The number of halogens is 1. The van der Waals surface area contributed by atoms with Crippen LogP contribution in [0.1, 0.15) is 17.3 Å². The van der Waals surface area contributed by atoms with E-state index in [0.29, 0.717) is 10.2 Å². The second-order valence-corrected chi connectivity index (χ2v) is 7.29. The summed E-state index contributed by atoms with van der Waals surface area (Å²) >= 11 is 12.4. The number of rotatable bonds is 5. The molecule has 0 saturated heterocycles. The highest BCUT2D eigenvalue weighted by atomic mass is 35.5. The maximum absolute atomic E-state index is 12.4. The lowest BCUT2D eigenvalue weighted by molar-refractivity contribution is -0.385. The van der Waals surface area contributed by atoms with E-state index >= 15 is 0 Å². The van der Waals surface area contributed by atoms with Gasteiger partial charge in [0.1, 0.15) is 0 Å². The van der Waals surface area contributed by atoms with Gasteiger partial charge in [-0.2, -0.15) is 0 Å². The summed E-state index contributed by atoms with van der Waals surface area (Å²) in [5.74, 6) is -0.495. The Morgan fingerprint density at radius 2 is 2.14 bits per heavy atom. The first-order valence-corrected chi connectivity index (χ1v) is 9.57. The second-order valence-electron chi connectivity index (χ2n) is 5.41. The van der Waals surface area contributed by atoms with Crippen LogP contribution in [0.25, 0.3) is 10.2 Å². The molecule has 0 aliphatic carbocycles. The minimum atomic E-state index is -0.607. The van der Waals surface area contributed by atoms with Crippen LogP contribution in [0, 0.1) is 10.1 Å². The first-order chi connectivity index (χ1) is 13.4. The zero-order chi connectivity index (χ0) is 20.3. The van der Waals surface area contributed by atoms with Crippen molar-refractivity contribution in [3.63, 3.8) is 0 Å². The summed E-state index contributed by atoms with van der Waals surface area (Å²) in [6.45, 7) is 1.98. The lowest BCUT2D eigenvalue weighted by Gasteiger charge is -2.08. The van der Waals surface area contributed by atoms with Crippen LogP contribution in [0.2, 0.25) is 5.02 Å². The van der Waals surface area contributed by atoms with E-state index in [0.717, 1.165) is 16.3 Å². The van der Waals surface area contributed by atoms with Gasteiger partial charge in [-0.05, 0) is 49.5 Å². The van der Waals surface area contributed by atoms with Crippen molar-refractivity contribution in [1.82, 2.24) is 10.3 Å². The number of ether oxygens (including phenoxy) is 1. The van der Waals surface area contributed by atoms with E-state index in [1.165, 1.54) is 23.5 Å². The number of amides is 1. The molecule has 0 unspecified atom stereocenters. The highest BCUT2D eigenvalue weighted by Gasteiger charge is 2.19. The van der Waals surface area contributed by atoms with Gasteiger partial charge in [0.25, 0.3) is 5.91 Å². The fourth-order valence-corrected chi connectivity index (χ4v) is 3.73. The lowest BCUT2D eigenvalue weighted by Crippen LogP contribution is -2.34. The Balaban J connectivity index is 1.71. The Bertz CT molecular complexity index is 1090. The first-order valence-electron chi connectivity index (χ1n) is 7.97. The largest absolute Gasteiger partial charge is 0.487 e. The molecule has 1 heterocycles. The van der Waals surface area contributed by atoms with Crippen LogP contribution in [-0.2, 0) is 0 Å². The topological polar surface area (TPSA) is 106 Å². The Hall–Kier alpha value is -2.82. The van der Waals surface area contributed by atoms with Crippen LogP contribution in [0.5, 0.6) is 5.75 Å². The van der Waals surface area contributed by atoms with Crippen LogP contribution in [0.15, 0.2) is 36.4 Å². The van der Waals surface area contributed by atoms with E-state index in [1.807, 2.05) is 0 Å². The molecule has 0 spiro atoms. The average Bonchev–Trinajstić information content (AvgIpc) is 3.02. The number of thiocarbonyl (C=S) groups is 1. The third-order valence-corrected chi connectivity index (χ3v) is 4.89. The molecule has 1 aromatic heterocycles. The summed E-state index contributed by atoms with van der Waals surface area (Å²) in [5, 5.41) is 17.6. The molecule has 0 bridgehead atoms. The van der Waals surface area contributed by atoms with Gasteiger partial charge in [0.05, 0.1) is 21.7 Å². The van der Waals surface area contributed by atoms with E-state index in [9.17, 15) is 14.9 Å². The highest BCUT2D eigenvalue weighted by Crippen LogP contribution is 2.29. The summed E-state index contributed by atoms with van der Waals surface area (Å²) < 4.78 is 6.07. The van der Waals surface area contributed by atoms with Crippen molar-refractivity contribution in [3.8, 4) is 5.75 Å². The molecular weight excluding hydrogens is 424 g/mol. The van der Waals surface area contributed by atoms with Crippen LogP contribution in [0.4, 0.5) is 10.8 Å². The molecule has 1 amide bonds. The van der Waals surface area contributed by atoms with Gasteiger partial charge in [0, 0.05) is 16.7 Å². The second kappa shape index (κ2) is 8.46. The predicted octanol–water partition coefficient (Wildman–Crippen LogP) is 4.38. The molecule has 3 aromatic rings. The third-order valence-electron chi connectivity index (χ3n) is 3.52. The molecule has 8 nitrogen and oxygen atoms in total. The van der Waals surface area contributed by atoms with Crippen LogP contribution < -0.4 is 15.4 Å². The molecule has 0 saturated carbocycles. The number of hydrogen-bond donors (Lipinski definition) is 2. The van der Waals surface area contributed by atoms with Crippen molar-refractivity contribution in [1.29, 1.82) is 0 Å². The number of fused-ring (bicyclic) bond motifs is 1. The predicted molar refractivity (Wildman–Crippen MR) is 113 cm³/mol. The van der Waals surface area contributed by atoms with Gasteiger partial charge >= 0.3 is 5.69 Å². The molecule has 0 aliphatic rings. The van der Waals surface area contributed by atoms with Crippen LogP contribution >= 0.6 is 35.2 Å². The van der Waals surface area contributed by atoms with E-state index in [1.54, 1.807) is 25.1 Å². The summed E-state index contributed by atoms with van der Waals surface area (Å²) in [6.07, 6.45) is 0. The number of anilines is 1. The Morgan fingerprint density at radius 3 is 2.86 bits per heavy atom. The molecule has 3 rings (SSSR count). The van der Waals surface area contributed by atoms with Gasteiger partial charge in [-0.15, -0.1) is 0 Å². The Labute approximate surface area is 173 Å². The van der Waals surface area contributed by atoms with Crippen LogP contribution in [0.3, 0.4) is 0 Å². The number of nitro groups is 1. The van der Waals surface area contributed by atoms with Crippen molar-refractivity contribution < 1.29 is 14.5 Å². The summed E-state index contributed by atoms with van der Waals surface area (Å²) in [7, 11) is 0. The van der Waals surface area contributed by atoms with Crippen molar-refractivity contribution >= 4 is 67.2 Å². The standard InChI is InChI=1S/C17H13ClN4O4S2/c1-2-26-13-6-3-9(7-12(13)22(24)25)15(23)20-16(27)21-17-19-11-5-4-10(18)8-14(11)28-17/h3-8H,2H2,1H3,(H2,19,20,21,23,27). The molecular formula is C17H13ClN4O4S2. The van der Waals surface area contributed by atoms with Crippen molar-refractivity contribution in [2.75, 3.05) is 11.9 Å². The number of benzene rings is 2. The van der Waals surface area contributed by atoms with E-state index < -0.39 is 10.8 Å². The van der Waals surface area contributed by atoms with Crippen molar-refractivity contribution in [2.45, 2.75) is 6.92 Å². The average molecular weight is 437 g/mol. The molecule has 2 aromatic carbocycles. The molecule has 28 heavy (non-hydrogen) atoms. The highest BCUT2D eigenvalue weighted by molar-refractivity contribution is 7.80. The number of nitrogens with zero attached hydrogens (tertiary/aromatic N) is 2. The minimum absolute atomic E-state index is 0.0201. The molecule has 144 valence electrons. The summed E-state index contributed by atoms with van der Waals surface area (Å²) in [5.41, 5.74) is 0.528. The molecule has 2 N–H and O–H groups in total. The number of carbonyl (C=O) groups is 1. The Kier molecular flexibility index (Phi) is 6.02. The molecule has 0 radical (unpaired) electrons. The van der Waals surface area contributed by atoms with E-state index in [2.05, 4.69) is 15.6 Å². The first kappa shape index (κ1) is 19.9. The van der Waals surface area contributed by atoms with Gasteiger partial charge < -0.3 is 10.1 Å². The number of hydrogen-bond acceptors (Lipinski definition) is 7. The van der Waals surface area contributed by atoms with Crippen molar-refractivity contribution in [3.05, 3.63) is 57.1 Å². The minimum Gasteiger partial charge on any atom is -0.487 e. The zero-order valence-electron chi connectivity index (χ0n) is 14.4. The summed E-state index contributed by atoms with van der Waals surface area (Å²) in [4.78, 5) is 27.3. The van der Waals surface area contributed by atoms with Gasteiger partial charge in [0.15, 0.2) is 16.0 Å². The summed E-state index contributed by atoms with van der Waals surface area (Å²) in [6, 6.07) is 9.23. The maximum Gasteiger partial charge on any atom is 0.311 e. The lowest BCUT2D eigenvalue weighted by atomic mass is 10.1. The number of aromatic nitrogens is 1. The number of thiazole rings is 1. The third kappa shape index (κ3) is 4.53. The zero-order valence-corrected chi connectivity index (χ0v) is 16.8. The maximum atomic E-state index is 12.4. The monoisotopic (exact) mass is 436 g/mol. The van der Waals surface area contributed by atoms with Gasteiger partial charge in [-0.25, -0.2) is 4.98 Å².